The first-order chi connectivity index (χ1) is 7.92. The van der Waals surface area contributed by atoms with E-state index >= 15 is 0 Å². The Morgan fingerprint density at radius 2 is 2.00 bits per heavy atom. The maximum Gasteiger partial charge on any atom is 0.160 e. The maximum absolute atomic E-state index is 5.74. The molecule has 2 bridgehead atoms. The highest BCUT2D eigenvalue weighted by atomic mass is 16.7. The van der Waals surface area contributed by atoms with E-state index in [1.165, 1.54) is 12.8 Å². The largest absolute Gasteiger partial charge is 0.381 e. The van der Waals surface area contributed by atoms with Crippen LogP contribution >= 0.6 is 0 Å². The lowest BCUT2D eigenvalue weighted by Gasteiger charge is -2.18. The van der Waals surface area contributed by atoms with E-state index in [-0.39, 0.29) is 6.29 Å². The van der Waals surface area contributed by atoms with Gasteiger partial charge in [-0.15, -0.1) is 0 Å². The SMILES string of the molecule is C1=CC2CC1CC2COCCC1OCCO1. The van der Waals surface area contributed by atoms with E-state index in [4.69, 9.17) is 14.2 Å². The molecule has 0 amide bonds. The summed E-state index contributed by atoms with van der Waals surface area (Å²) in [6.07, 6.45) is 8.31. The second-order valence-electron chi connectivity index (χ2n) is 5.08. The second kappa shape index (κ2) is 4.86. The average Bonchev–Trinajstić information content (AvgIpc) is 3.01. The summed E-state index contributed by atoms with van der Waals surface area (Å²) in [7, 11) is 0. The van der Waals surface area contributed by atoms with Crippen molar-refractivity contribution >= 4 is 0 Å². The summed E-state index contributed by atoms with van der Waals surface area (Å²) in [6, 6.07) is 0. The van der Waals surface area contributed by atoms with Crippen molar-refractivity contribution in [1.82, 2.24) is 0 Å². The summed E-state index contributed by atoms with van der Waals surface area (Å²) in [6.45, 7) is 3.16. The highest BCUT2D eigenvalue weighted by Crippen LogP contribution is 2.43. The minimum absolute atomic E-state index is 0.0140. The molecule has 3 unspecified atom stereocenters. The molecule has 2 aliphatic carbocycles. The van der Waals surface area contributed by atoms with Crippen molar-refractivity contribution in [2.45, 2.75) is 25.6 Å². The molecule has 0 radical (unpaired) electrons. The molecule has 1 saturated heterocycles. The zero-order valence-corrected chi connectivity index (χ0v) is 9.64. The van der Waals surface area contributed by atoms with Gasteiger partial charge in [0.25, 0.3) is 0 Å². The number of hydrogen-bond donors (Lipinski definition) is 0. The van der Waals surface area contributed by atoms with Gasteiger partial charge in [-0.25, -0.2) is 0 Å². The number of allylic oxidation sites excluding steroid dienone is 2. The van der Waals surface area contributed by atoms with Gasteiger partial charge in [-0.1, -0.05) is 12.2 Å². The molecule has 3 nitrogen and oxygen atoms in total. The van der Waals surface area contributed by atoms with Gasteiger partial charge in [0.05, 0.1) is 19.8 Å². The molecular weight excluding hydrogens is 204 g/mol. The third-order valence-corrected chi connectivity index (χ3v) is 3.94. The molecule has 3 rings (SSSR count). The van der Waals surface area contributed by atoms with E-state index < -0.39 is 0 Å². The Balaban J connectivity index is 1.30. The van der Waals surface area contributed by atoms with Gasteiger partial charge in [0.15, 0.2) is 6.29 Å². The fourth-order valence-electron chi connectivity index (χ4n) is 3.07. The van der Waals surface area contributed by atoms with Crippen molar-refractivity contribution in [2.24, 2.45) is 17.8 Å². The quantitative estimate of drug-likeness (QED) is 0.528. The van der Waals surface area contributed by atoms with Crippen LogP contribution in [0.1, 0.15) is 19.3 Å². The summed E-state index contributed by atoms with van der Waals surface area (Å²) in [4.78, 5) is 0. The van der Waals surface area contributed by atoms with Crippen LogP contribution in [0.2, 0.25) is 0 Å². The van der Waals surface area contributed by atoms with Crippen LogP contribution in [0.5, 0.6) is 0 Å². The Hall–Kier alpha value is -0.380. The normalized spacial score (nSPS) is 37.6. The molecule has 3 atom stereocenters. The van der Waals surface area contributed by atoms with Gasteiger partial charge in [0.2, 0.25) is 0 Å². The molecular formula is C13H20O3. The molecule has 90 valence electrons. The Morgan fingerprint density at radius 1 is 1.12 bits per heavy atom. The molecule has 1 aliphatic heterocycles. The molecule has 0 aromatic heterocycles. The number of fused-ring (bicyclic) bond motifs is 2. The lowest BCUT2D eigenvalue weighted by molar-refractivity contribution is -0.0642. The van der Waals surface area contributed by atoms with E-state index in [2.05, 4.69) is 12.2 Å². The van der Waals surface area contributed by atoms with Crippen LogP contribution in [-0.4, -0.2) is 32.7 Å². The van der Waals surface area contributed by atoms with Crippen LogP contribution in [0, 0.1) is 17.8 Å². The van der Waals surface area contributed by atoms with Gasteiger partial charge in [-0.3, -0.25) is 0 Å². The number of rotatable bonds is 5. The van der Waals surface area contributed by atoms with Gasteiger partial charge in [-0.2, -0.15) is 0 Å². The van der Waals surface area contributed by atoms with Gasteiger partial charge >= 0.3 is 0 Å². The topological polar surface area (TPSA) is 27.7 Å². The first-order valence-electron chi connectivity index (χ1n) is 6.41. The molecule has 1 saturated carbocycles. The highest BCUT2D eigenvalue weighted by Gasteiger charge is 2.35. The molecule has 0 aromatic carbocycles. The summed E-state index contributed by atoms with van der Waals surface area (Å²) >= 11 is 0. The standard InChI is InChI=1S/C13H20O3/c1-2-11-7-10(1)8-12(11)9-14-4-3-13-15-5-6-16-13/h1-2,10-13H,3-9H2. The molecule has 0 aromatic rings. The van der Waals surface area contributed by atoms with Gasteiger partial charge in [-0.05, 0) is 30.6 Å². The van der Waals surface area contributed by atoms with E-state index in [0.29, 0.717) is 0 Å². The van der Waals surface area contributed by atoms with E-state index in [1.54, 1.807) is 0 Å². The molecule has 0 N–H and O–H groups in total. The van der Waals surface area contributed by atoms with Crippen LogP contribution in [0.15, 0.2) is 12.2 Å². The van der Waals surface area contributed by atoms with Crippen LogP contribution in [0.25, 0.3) is 0 Å². The van der Waals surface area contributed by atoms with Crippen LogP contribution in [0.4, 0.5) is 0 Å². The lowest BCUT2D eigenvalue weighted by atomic mass is 9.95. The lowest BCUT2D eigenvalue weighted by Crippen LogP contribution is -2.17. The average molecular weight is 224 g/mol. The molecule has 1 heterocycles. The summed E-state index contributed by atoms with van der Waals surface area (Å²) in [5.41, 5.74) is 0. The first-order valence-corrected chi connectivity index (χ1v) is 6.41. The monoisotopic (exact) mass is 224 g/mol. The zero-order chi connectivity index (χ0) is 10.8. The predicted octanol–water partition coefficient (Wildman–Crippen LogP) is 1.98. The fraction of sp³-hybridized carbons (Fsp3) is 0.846. The van der Waals surface area contributed by atoms with Gasteiger partial charge in [0.1, 0.15) is 0 Å². The number of ether oxygens (including phenoxy) is 3. The van der Waals surface area contributed by atoms with E-state index in [0.717, 1.165) is 50.6 Å². The summed E-state index contributed by atoms with van der Waals surface area (Å²) in [5, 5.41) is 0. The summed E-state index contributed by atoms with van der Waals surface area (Å²) in [5.74, 6) is 2.41. The minimum atomic E-state index is -0.0140. The fourth-order valence-corrected chi connectivity index (χ4v) is 3.07. The van der Waals surface area contributed by atoms with Crippen molar-refractivity contribution in [3.8, 4) is 0 Å². The predicted molar refractivity (Wildman–Crippen MR) is 60.0 cm³/mol. The van der Waals surface area contributed by atoms with Crippen LogP contribution in [-0.2, 0) is 14.2 Å². The van der Waals surface area contributed by atoms with Gasteiger partial charge in [0, 0.05) is 13.0 Å². The van der Waals surface area contributed by atoms with Crippen molar-refractivity contribution in [1.29, 1.82) is 0 Å². The minimum Gasteiger partial charge on any atom is -0.381 e. The smallest absolute Gasteiger partial charge is 0.160 e. The van der Waals surface area contributed by atoms with Gasteiger partial charge < -0.3 is 14.2 Å². The molecule has 3 aliphatic rings. The Morgan fingerprint density at radius 3 is 2.69 bits per heavy atom. The van der Waals surface area contributed by atoms with Crippen LogP contribution < -0.4 is 0 Å². The Labute approximate surface area is 96.8 Å². The third kappa shape index (κ3) is 2.31. The van der Waals surface area contributed by atoms with Crippen molar-refractivity contribution in [2.75, 3.05) is 26.4 Å². The Bertz CT molecular complexity index is 258. The number of hydrogen-bond acceptors (Lipinski definition) is 3. The first kappa shape index (κ1) is 10.8. The van der Waals surface area contributed by atoms with Crippen molar-refractivity contribution in [3.63, 3.8) is 0 Å². The van der Waals surface area contributed by atoms with Crippen LogP contribution in [0.3, 0.4) is 0 Å². The second-order valence-corrected chi connectivity index (χ2v) is 5.08. The molecule has 3 heteroatoms. The molecule has 16 heavy (non-hydrogen) atoms. The molecule has 2 fully saturated rings. The van der Waals surface area contributed by atoms with E-state index in [1.807, 2.05) is 0 Å². The molecule has 0 spiro atoms. The Kier molecular flexibility index (Phi) is 3.27. The van der Waals surface area contributed by atoms with Crippen molar-refractivity contribution < 1.29 is 14.2 Å². The van der Waals surface area contributed by atoms with E-state index in [9.17, 15) is 0 Å². The van der Waals surface area contributed by atoms with Crippen molar-refractivity contribution in [3.05, 3.63) is 12.2 Å². The maximum atomic E-state index is 5.74. The zero-order valence-electron chi connectivity index (χ0n) is 9.64. The highest BCUT2D eigenvalue weighted by molar-refractivity contribution is 5.09. The third-order valence-electron chi connectivity index (χ3n) is 3.94. The summed E-state index contributed by atoms with van der Waals surface area (Å²) < 4.78 is 16.5.